The van der Waals surface area contributed by atoms with Crippen molar-refractivity contribution in [1.82, 2.24) is 10.2 Å². The molecule has 1 aliphatic rings. The van der Waals surface area contributed by atoms with Gasteiger partial charge in [-0.05, 0) is 69.8 Å². The van der Waals surface area contributed by atoms with Gasteiger partial charge in [0, 0.05) is 30.9 Å². The van der Waals surface area contributed by atoms with E-state index in [9.17, 15) is 19.2 Å². The maximum atomic E-state index is 13.1. The van der Waals surface area contributed by atoms with E-state index in [1.54, 1.807) is 25.7 Å². The van der Waals surface area contributed by atoms with Crippen LogP contribution in [0.15, 0.2) is 48.5 Å². The monoisotopic (exact) mass is 496 g/mol. The highest BCUT2D eigenvalue weighted by atomic mass is 16.6. The maximum absolute atomic E-state index is 13.1. The number of anilines is 2. The Hall–Kier alpha value is -3.92. The van der Waals surface area contributed by atoms with Crippen LogP contribution in [0, 0.1) is 0 Å². The molecule has 3 N–H and O–H groups in total. The smallest absolute Gasteiger partial charge is 0.408 e. The van der Waals surface area contributed by atoms with Crippen molar-refractivity contribution in [2.45, 2.75) is 38.8 Å². The minimum absolute atomic E-state index is 0.00752. The number of likely N-dealkylation sites (N-methyl/N-ethyl adjacent to an activating group) is 1. The Kier molecular flexibility index (Phi) is 8.31. The van der Waals surface area contributed by atoms with Gasteiger partial charge < -0.3 is 25.4 Å². The summed E-state index contributed by atoms with van der Waals surface area (Å²) < 4.78 is 5.34. The van der Waals surface area contributed by atoms with E-state index in [4.69, 9.17) is 9.84 Å². The molecule has 1 aliphatic heterocycles. The van der Waals surface area contributed by atoms with Crippen molar-refractivity contribution in [2.75, 3.05) is 36.9 Å². The predicted molar refractivity (Wildman–Crippen MR) is 135 cm³/mol. The topological polar surface area (TPSA) is 128 Å². The lowest BCUT2D eigenvalue weighted by Crippen LogP contribution is -2.49. The average molecular weight is 497 g/mol. The minimum atomic E-state index is -1.07. The molecule has 10 nitrogen and oxygen atoms in total. The van der Waals surface area contributed by atoms with E-state index in [0.29, 0.717) is 18.8 Å². The fourth-order valence-corrected chi connectivity index (χ4v) is 3.74. The molecule has 1 unspecified atom stereocenters. The summed E-state index contributed by atoms with van der Waals surface area (Å²) in [4.78, 5) is 52.9. The molecule has 3 rings (SSSR count). The first-order valence-electron chi connectivity index (χ1n) is 11.6. The number of nitrogens with one attached hydrogen (secondary N) is 2. The number of nitrogens with zero attached hydrogens (tertiary/aromatic N) is 2. The van der Waals surface area contributed by atoms with Crippen molar-refractivity contribution < 1.29 is 29.0 Å². The van der Waals surface area contributed by atoms with Crippen molar-refractivity contribution in [3.8, 4) is 0 Å². The molecule has 2 aromatic carbocycles. The molecule has 36 heavy (non-hydrogen) atoms. The van der Waals surface area contributed by atoms with Gasteiger partial charge in [-0.25, -0.2) is 9.59 Å². The van der Waals surface area contributed by atoms with Gasteiger partial charge in [0.15, 0.2) is 0 Å². The van der Waals surface area contributed by atoms with Gasteiger partial charge in [0.05, 0.1) is 12.1 Å². The Balaban J connectivity index is 1.79. The van der Waals surface area contributed by atoms with E-state index in [1.807, 2.05) is 36.2 Å². The number of carboxylic acids is 1. The average Bonchev–Trinajstić information content (AvgIpc) is 2.78. The van der Waals surface area contributed by atoms with E-state index >= 15 is 0 Å². The van der Waals surface area contributed by atoms with Gasteiger partial charge in [-0.3, -0.25) is 14.5 Å². The summed E-state index contributed by atoms with van der Waals surface area (Å²) >= 11 is 0. The van der Waals surface area contributed by atoms with Gasteiger partial charge in [-0.15, -0.1) is 0 Å². The molecule has 1 atom stereocenters. The second-order valence-electron chi connectivity index (χ2n) is 9.73. The van der Waals surface area contributed by atoms with E-state index in [2.05, 4.69) is 10.6 Å². The van der Waals surface area contributed by atoms with E-state index in [1.165, 1.54) is 24.3 Å². The van der Waals surface area contributed by atoms with Gasteiger partial charge >= 0.3 is 12.1 Å². The van der Waals surface area contributed by atoms with Crippen LogP contribution in [-0.2, 0) is 20.7 Å². The number of amides is 3. The fraction of sp³-hybridized carbons (Fsp3) is 0.385. The van der Waals surface area contributed by atoms with Crippen molar-refractivity contribution in [1.29, 1.82) is 0 Å². The highest BCUT2D eigenvalue weighted by Crippen LogP contribution is 2.20. The molecule has 3 amide bonds. The van der Waals surface area contributed by atoms with Crippen LogP contribution in [0.25, 0.3) is 0 Å². The zero-order valence-corrected chi connectivity index (χ0v) is 20.9. The Labute approximate surface area is 210 Å². The van der Waals surface area contributed by atoms with Crippen LogP contribution in [0.4, 0.5) is 16.2 Å². The molecule has 192 valence electrons. The van der Waals surface area contributed by atoms with E-state index in [0.717, 1.165) is 17.8 Å². The summed E-state index contributed by atoms with van der Waals surface area (Å²) in [6.07, 6.45) is -0.595. The second kappa shape index (κ2) is 11.2. The number of alkyl carbamates (subject to hydrolysis) is 1. The molecule has 1 heterocycles. The lowest BCUT2D eigenvalue weighted by molar-refractivity contribution is -0.121. The number of benzene rings is 2. The summed E-state index contributed by atoms with van der Waals surface area (Å²) in [5.41, 5.74) is 1.20. The number of carboxylic acid groups (broad SMARTS) is 1. The van der Waals surface area contributed by atoms with Crippen molar-refractivity contribution in [2.24, 2.45) is 0 Å². The molecule has 1 fully saturated rings. The third-order valence-corrected chi connectivity index (χ3v) is 5.48. The zero-order valence-electron chi connectivity index (χ0n) is 20.9. The van der Waals surface area contributed by atoms with Gasteiger partial charge in [0.25, 0.3) is 0 Å². The summed E-state index contributed by atoms with van der Waals surface area (Å²) in [5, 5.41) is 14.4. The van der Waals surface area contributed by atoms with Crippen LogP contribution < -0.4 is 15.5 Å². The summed E-state index contributed by atoms with van der Waals surface area (Å²) in [6, 6.07) is 12.0. The molecule has 0 saturated carbocycles. The van der Waals surface area contributed by atoms with Crippen LogP contribution >= 0.6 is 0 Å². The number of carbonyl (C=O) groups excluding carboxylic acids is 3. The number of piperazine rings is 1. The first-order chi connectivity index (χ1) is 16.9. The Morgan fingerprint density at radius 3 is 2.39 bits per heavy atom. The molecule has 0 aromatic heterocycles. The molecule has 0 bridgehead atoms. The Morgan fingerprint density at radius 2 is 1.78 bits per heavy atom. The standard InChI is InChI=1S/C26H32N4O6/c1-26(2,3)36-25(35)28-21(23(32)27-19-10-8-18(9-11-19)24(33)34)15-17-6-5-7-20(14-17)30-13-12-29(4)16-22(30)31/h5-11,14,21H,12-13,15-16H2,1-4H3,(H,27,32)(H,28,35)(H,33,34). The van der Waals surface area contributed by atoms with Crippen LogP contribution in [0.5, 0.6) is 0 Å². The number of hydrogen-bond donors (Lipinski definition) is 3. The normalized spacial score (nSPS) is 15.2. The van der Waals surface area contributed by atoms with E-state index < -0.39 is 29.6 Å². The van der Waals surface area contributed by atoms with Gasteiger partial charge in [0.1, 0.15) is 11.6 Å². The van der Waals surface area contributed by atoms with Gasteiger partial charge in [-0.2, -0.15) is 0 Å². The highest BCUT2D eigenvalue weighted by molar-refractivity contribution is 5.98. The van der Waals surface area contributed by atoms with E-state index in [-0.39, 0.29) is 17.9 Å². The summed E-state index contributed by atoms with van der Waals surface area (Å²) in [5.74, 6) is -1.58. The van der Waals surface area contributed by atoms with Crippen LogP contribution in [0.1, 0.15) is 36.7 Å². The molecule has 10 heteroatoms. The fourth-order valence-electron chi connectivity index (χ4n) is 3.74. The van der Waals surface area contributed by atoms with Crippen LogP contribution in [-0.4, -0.2) is 72.2 Å². The highest BCUT2D eigenvalue weighted by Gasteiger charge is 2.26. The first-order valence-corrected chi connectivity index (χ1v) is 11.6. The lowest BCUT2D eigenvalue weighted by Gasteiger charge is -2.32. The van der Waals surface area contributed by atoms with Crippen molar-refractivity contribution in [3.63, 3.8) is 0 Å². The zero-order chi connectivity index (χ0) is 26.5. The van der Waals surface area contributed by atoms with Crippen LogP contribution in [0.2, 0.25) is 0 Å². The van der Waals surface area contributed by atoms with Crippen molar-refractivity contribution >= 4 is 35.3 Å². The van der Waals surface area contributed by atoms with Gasteiger partial charge in [-0.1, -0.05) is 12.1 Å². The number of aromatic carboxylic acids is 1. The Morgan fingerprint density at radius 1 is 1.08 bits per heavy atom. The first kappa shape index (κ1) is 26.7. The number of carbonyl (C=O) groups is 4. The Bertz CT molecular complexity index is 1130. The third kappa shape index (κ3) is 7.54. The second-order valence-corrected chi connectivity index (χ2v) is 9.73. The number of rotatable bonds is 7. The summed E-state index contributed by atoms with van der Waals surface area (Å²) in [6.45, 7) is 6.82. The van der Waals surface area contributed by atoms with Gasteiger partial charge in [0.2, 0.25) is 11.8 Å². The molecular formula is C26H32N4O6. The molecule has 2 aromatic rings. The largest absolute Gasteiger partial charge is 0.478 e. The minimum Gasteiger partial charge on any atom is -0.478 e. The van der Waals surface area contributed by atoms with Crippen molar-refractivity contribution in [3.05, 3.63) is 59.7 Å². The molecule has 0 radical (unpaired) electrons. The molecular weight excluding hydrogens is 464 g/mol. The van der Waals surface area contributed by atoms with Crippen LogP contribution in [0.3, 0.4) is 0 Å². The molecule has 0 aliphatic carbocycles. The molecule has 0 spiro atoms. The predicted octanol–water partition coefficient (Wildman–Crippen LogP) is 2.74. The quantitative estimate of drug-likeness (QED) is 0.538. The lowest BCUT2D eigenvalue weighted by atomic mass is 10.0. The third-order valence-electron chi connectivity index (χ3n) is 5.48. The number of ether oxygens (including phenoxy) is 1. The SMILES string of the molecule is CN1CCN(c2cccc(CC(NC(=O)OC(C)(C)C)C(=O)Nc3ccc(C(=O)O)cc3)c2)C(=O)C1. The maximum Gasteiger partial charge on any atom is 0.408 e. The summed E-state index contributed by atoms with van der Waals surface area (Å²) in [7, 11) is 1.90. The molecule has 1 saturated heterocycles. The number of hydrogen-bond acceptors (Lipinski definition) is 6.